The summed E-state index contributed by atoms with van der Waals surface area (Å²) in [5.74, 6) is 0.791. The SMILES string of the molecule is COCCCN1C(=O)C(C)(C)Oc2cc(C)c(C)cc21. The van der Waals surface area contributed by atoms with Gasteiger partial charge in [0.25, 0.3) is 5.91 Å². The van der Waals surface area contributed by atoms with Crippen LogP contribution in [0.15, 0.2) is 12.1 Å². The normalized spacial score (nSPS) is 16.9. The highest BCUT2D eigenvalue weighted by atomic mass is 16.5. The molecule has 0 bridgehead atoms. The summed E-state index contributed by atoms with van der Waals surface area (Å²) in [5, 5.41) is 0. The van der Waals surface area contributed by atoms with Gasteiger partial charge in [-0.15, -0.1) is 0 Å². The van der Waals surface area contributed by atoms with E-state index in [4.69, 9.17) is 9.47 Å². The van der Waals surface area contributed by atoms with Gasteiger partial charge in [0, 0.05) is 20.3 Å². The van der Waals surface area contributed by atoms with Crippen molar-refractivity contribution >= 4 is 11.6 Å². The second-order valence-corrected chi connectivity index (χ2v) is 5.82. The average molecular weight is 277 g/mol. The Morgan fingerprint density at radius 1 is 1.25 bits per heavy atom. The van der Waals surface area contributed by atoms with Crippen molar-refractivity contribution in [1.29, 1.82) is 0 Å². The van der Waals surface area contributed by atoms with Crippen LogP contribution in [-0.4, -0.2) is 31.8 Å². The topological polar surface area (TPSA) is 38.8 Å². The molecule has 2 rings (SSSR count). The van der Waals surface area contributed by atoms with Crippen molar-refractivity contribution in [3.63, 3.8) is 0 Å². The van der Waals surface area contributed by atoms with E-state index in [2.05, 4.69) is 6.92 Å². The van der Waals surface area contributed by atoms with E-state index in [0.29, 0.717) is 13.2 Å². The van der Waals surface area contributed by atoms with Gasteiger partial charge in [0.2, 0.25) is 0 Å². The Morgan fingerprint density at radius 2 is 1.90 bits per heavy atom. The molecule has 1 amide bonds. The Labute approximate surface area is 120 Å². The van der Waals surface area contributed by atoms with Crippen LogP contribution in [0.4, 0.5) is 5.69 Å². The van der Waals surface area contributed by atoms with E-state index in [1.165, 1.54) is 5.56 Å². The molecule has 1 aliphatic heterocycles. The van der Waals surface area contributed by atoms with E-state index in [-0.39, 0.29) is 5.91 Å². The molecule has 1 aromatic rings. The summed E-state index contributed by atoms with van der Waals surface area (Å²) in [5.41, 5.74) is 2.39. The molecule has 4 nitrogen and oxygen atoms in total. The zero-order valence-corrected chi connectivity index (χ0v) is 12.9. The Hall–Kier alpha value is -1.55. The van der Waals surface area contributed by atoms with Crippen molar-refractivity contribution in [2.45, 2.75) is 39.7 Å². The Balaban J connectivity index is 2.39. The first-order valence-electron chi connectivity index (χ1n) is 6.98. The number of benzene rings is 1. The molecule has 1 heterocycles. The van der Waals surface area contributed by atoms with Gasteiger partial charge < -0.3 is 14.4 Å². The number of aryl methyl sites for hydroxylation is 2. The molecule has 110 valence electrons. The Bertz CT molecular complexity index is 523. The third-order valence-corrected chi connectivity index (χ3v) is 3.72. The predicted molar refractivity (Wildman–Crippen MR) is 79.5 cm³/mol. The van der Waals surface area contributed by atoms with E-state index in [1.54, 1.807) is 7.11 Å². The lowest BCUT2D eigenvalue weighted by molar-refractivity contribution is -0.132. The third kappa shape index (κ3) is 2.66. The smallest absolute Gasteiger partial charge is 0.270 e. The minimum atomic E-state index is -0.818. The van der Waals surface area contributed by atoms with Crippen molar-refractivity contribution in [3.05, 3.63) is 23.3 Å². The van der Waals surface area contributed by atoms with Gasteiger partial charge in [-0.3, -0.25) is 4.79 Å². The molecule has 0 saturated heterocycles. The summed E-state index contributed by atoms with van der Waals surface area (Å²) in [6.45, 7) is 9.03. The highest BCUT2D eigenvalue weighted by molar-refractivity contribution is 6.02. The highest BCUT2D eigenvalue weighted by Crippen LogP contribution is 2.39. The number of fused-ring (bicyclic) bond motifs is 1. The van der Waals surface area contributed by atoms with Crippen LogP contribution in [0.3, 0.4) is 0 Å². The van der Waals surface area contributed by atoms with Gasteiger partial charge in [0.15, 0.2) is 5.60 Å². The van der Waals surface area contributed by atoms with Gasteiger partial charge in [-0.25, -0.2) is 0 Å². The number of hydrogen-bond acceptors (Lipinski definition) is 3. The summed E-state index contributed by atoms with van der Waals surface area (Å²) in [6.07, 6.45) is 0.810. The fourth-order valence-corrected chi connectivity index (χ4v) is 2.41. The third-order valence-electron chi connectivity index (χ3n) is 3.72. The molecule has 0 atom stereocenters. The lowest BCUT2D eigenvalue weighted by Crippen LogP contribution is -2.53. The van der Waals surface area contributed by atoms with Crippen LogP contribution in [-0.2, 0) is 9.53 Å². The minimum absolute atomic E-state index is 0.00403. The maximum absolute atomic E-state index is 12.6. The zero-order valence-electron chi connectivity index (χ0n) is 12.9. The van der Waals surface area contributed by atoms with Crippen molar-refractivity contribution in [2.24, 2.45) is 0 Å². The number of ether oxygens (including phenoxy) is 2. The molecule has 4 heteroatoms. The summed E-state index contributed by atoms with van der Waals surface area (Å²) >= 11 is 0. The second kappa shape index (κ2) is 5.44. The monoisotopic (exact) mass is 277 g/mol. The second-order valence-electron chi connectivity index (χ2n) is 5.82. The number of hydrogen-bond donors (Lipinski definition) is 0. The van der Waals surface area contributed by atoms with Crippen LogP contribution >= 0.6 is 0 Å². The minimum Gasteiger partial charge on any atom is -0.476 e. The number of amides is 1. The van der Waals surface area contributed by atoms with Gasteiger partial charge in [-0.05, 0) is 57.4 Å². The first kappa shape index (κ1) is 14.9. The summed E-state index contributed by atoms with van der Waals surface area (Å²) < 4.78 is 11.0. The molecule has 0 radical (unpaired) electrons. The molecule has 0 N–H and O–H groups in total. The molecule has 1 aliphatic rings. The molecule has 0 fully saturated rings. The number of methoxy groups -OCH3 is 1. The Kier molecular flexibility index (Phi) is 4.04. The average Bonchev–Trinajstić information content (AvgIpc) is 2.37. The first-order valence-corrected chi connectivity index (χ1v) is 6.98. The molecule has 0 aromatic heterocycles. The van der Waals surface area contributed by atoms with E-state index < -0.39 is 5.60 Å². The summed E-state index contributed by atoms with van der Waals surface area (Å²) in [6, 6.07) is 4.05. The van der Waals surface area contributed by atoms with Crippen LogP contribution in [0.1, 0.15) is 31.4 Å². The van der Waals surface area contributed by atoms with Gasteiger partial charge in [-0.1, -0.05) is 0 Å². The number of carbonyl (C=O) groups is 1. The molecule has 0 saturated carbocycles. The van der Waals surface area contributed by atoms with E-state index >= 15 is 0 Å². The molecule has 0 spiro atoms. The van der Waals surface area contributed by atoms with Crippen LogP contribution < -0.4 is 9.64 Å². The molecule has 0 aliphatic carbocycles. The lowest BCUT2D eigenvalue weighted by atomic mass is 10.0. The fraction of sp³-hybridized carbons (Fsp3) is 0.562. The highest BCUT2D eigenvalue weighted by Gasteiger charge is 2.40. The molecule has 0 unspecified atom stereocenters. The zero-order chi connectivity index (χ0) is 14.9. The van der Waals surface area contributed by atoms with Gasteiger partial charge in [-0.2, -0.15) is 0 Å². The number of carbonyl (C=O) groups excluding carboxylic acids is 1. The molecule has 1 aromatic carbocycles. The van der Waals surface area contributed by atoms with Crippen LogP contribution in [0.25, 0.3) is 0 Å². The first-order chi connectivity index (χ1) is 9.36. The van der Waals surface area contributed by atoms with Crippen LogP contribution in [0.2, 0.25) is 0 Å². The molecule has 20 heavy (non-hydrogen) atoms. The molecular formula is C16H23NO3. The number of anilines is 1. The van der Waals surface area contributed by atoms with Crippen LogP contribution in [0, 0.1) is 13.8 Å². The van der Waals surface area contributed by atoms with Crippen molar-refractivity contribution in [1.82, 2.24) is 0 Å². The van der Waals surface area contributed by atoms with Gasteiger partial charge in [0.05, 0.1) is 5.69 Å². The summed E-state index contributed by atoms with van der Waals surface area (Å²) in [4.78, 5) is 14.4. The standard InChI is InChI=1S/C16H23NO3/c1-11-9-13-14(10-12(11)2)20-16(3,4)15(18)17(13)7-6-8-19-5/h9-10H,6-8H2,1-5H3. The van der Waals surface area contributed by atoms with E-state index in [0.717, 1.165) is 23.4 Å². The quantitative estimate of drug-likeness (QED) is 0.794. The maximum atomic E-state index is 12.6. The number of rotatable bonds is 4. The predicted octanol–water partition coefficient (Wildman–Crippen LogP) is 2.84. The van der Waals surface area contributed by atoms with E-state index in [9.17, 15) is 4.79 Å². The maximum Gasteiger partial charge on any atom is 0.270 e. The van der Waals surface area contributed by atoms with Crippen LogP contribution in [0.5, 0.6) is 5.75 Å². The summed E-state index contributed by atoms with van der Waals surface area (Å²) in [7, 11) is 1.67. The van der Waals surface area contributed by atoms with Crippen molar-refractivity contribution < 1.29 is 14.3 Å². The van der Waals surface area contributed by atoms with Gasteiger partial charge >= 0.3 is 0 Å². The molecular weight excluding hydrogens is 254 g/mol. The lowest BCUT2D eigenvalue weighted by Gasteiger charge is -2.39. The number of nitrogens with zero attached hydrogens (tertiary/aromatic N) is 1. The van der Waals surface area contributed by atoms with Gasteiger partial charge in [0.1, 0.15) is 5.75 Å². The fourth-order valence-electron chi connectivity index (χ4n) is 2.41. The van der Waals surface area contributed by atoms with Crippen molar-refractivity contribution in [3.8, 4) is 5.75 Å². The van der Waals surface area contributed by atoms with Crippen molar-refractivity contribution in [2.75, 3.05) is 25.2 Å². The Morgan fingerprint density at radius 3 is 2.55 bits per heavy atom. The van der Waals surface area contributed by atoms with E-state index in [1.807, 2.05) is 37.8 Å². The largest absolute Gasteiger partial charge is 0.476 e.